The maximum atomic E-state index is 11.5. The number of nitrogens with two attached hydrogens (primary N) is 1. The molecule has 5 heteroatoms. The van der Waals surface area contributed by atoms with Gasteiger partial charge in [0, 0.05) is 12.1 Å². The summed E-state index contributed by atoms with van der Waals surface area (Å²) in [6, 6.07) is 1.96. The highest BCUT2D eigenvalue weighted by molar-refractivity contribution is 6.32. The summed E-state index contributed by atoms with van der Waals surface area (Å²) in [4.78, 5) is 11.5. The van der Waals surface area contributed by atoms with Crippen LogP contribution >= 0.6 is 11.6 Å². The maximum absolute atomic E-state index is 11.5. The van der Waals surface area contributed by atoms with Crippen LogP contribution in [0.4, 0.5) is 0 Å². The molecule has 14 heavy (non-hydrogen) atoms. The van der Waals surface area contributed by atoms with E-state index in [0.29, 0.717) is 5.56 Å². The Morgan fingerprint density at radius 2 is 2.36 bits per heavy atom. The smallest absolute Gasteiger partial charge is 0.256 e. The van der Waals surface area contributed by atoms with Crippen LogP contribution in [0.15, 0.2) is 16.7 Å². The van der Waals surface area contributed by atoms with E-state index in [4.69, 9.17) is 21.8 Å². The van der Waals surface area contributed by atoms with Gasteiger partial charge in [0.25, 0.3) is 5.91 Å². The first-order valence-corrected chi connectivity index (χ1v) is 4.84. The van der Waals surface area contributed by atoms with E-state index in [1.165, 1.54) is 6.26 Å². The third-order valence-electron chi connectivity index (χ3n) is 2.37. The van der Waals surface area contributed by atoms with Crippen LogP contribution in [0.1, 0.15) is 23.2 Å². The van der Waals surface area contributed by atoms with Crippen molar-refractivity contribution < 1.29 is 9.21 Å². The predicted octanol–water partition coefficient (Wildman–Crippen LogP) is 1.15. The number of carbonyl (C=O) groups is 1. The van der Waals surface area contributed by atoms with Gasteiger partial charge in [0.1, 0.15) is 0 Å². The normalized spacial score (nSPS) is 25.6. The molecule has 0 radical (unpaired) electrons. The number of halogens is 1. The van der Waals surface area contributed by atoms with Crippen LogP contribution in [0.3, 0.4) is 0 Å². The fourth-order valence-corrected chi connectivity index (χ4v) is 1.70. The van der Waals surface area contributed by atoms with Gasteiger partial charge >= 0.3 is 0 Å². The van der Waals surface area contributed by atoms with Crippen molar-refractivity contribution in [3.8, 4) is 0 Å². The molecule has 1 fully saturated rings. The Morgan fingerprint density at radius 1 is 1.64 bits per heavy atom. The molecule has 0 aromatic carbocycles. The largest absolute Gasteiger partial charge is 0.452 e. The first-order valence-electron chi connectivity index (χ1n) is 4.46. The fraction of sp³-hybridized carbons (Fsp3) is 0.444. The molecule has 1 saturated carbocycles. The second-order valence-electron chi connectivity index (χ2n) is 3.51. The first kappa shape index (κ1) is 9.55. The van der Waals surface area contributed by atoms with Crippen LogP contribution in [-0.2, 0) is 0 Å². The minimum absolute atomic E-state index is 0.131. The van der Waals surface area contributed by atoms with Crippen molar-refractivity contribution in [1.29, 1.82) is 0 Å². The Hall–Kier alpha value is -1.00. The fourth-order valence-electron chi connectivity index (χ4n) is 1.50. The van der Waals surface area contributed by atoms with Crippen molar-refractivity contribution in [2.75, 3.05) is 0 Å². The second-order valence-corrected chi connectivity index (χ2v) is 3.85. The maximum Gasteiger partial charge on any atom is 0.256 e. The minimum Gasteiger partial charge on any atom is -0.452 e. The van der Waals surface area contributed by atoms with E-state index in [9.17, 15) is 4.79 Å². The lowest BCUT2D eigenvalue weighted by Gasteiger charge is -2.32. The molecule has 76 valence electrons. The van der Waals surface area contributed by atoms with Gasteiger partial charge < -0.3 is 15.5 Å². The molecular formula is C9H11ClN2O2. The zero-order valence-electron chi connectivity index (χ0n) is 7.50. The predicted molar refractivity (Wildman–Crippen MR) is 52.2 cm³/mol. The third kappa shape index (κ3) is 1.76. The molecule has 1 heterocycles. The molecule has 1 aliphatic rings. The molecule has 0 aliphatic heterocycles. The van der Waals surface area contributed by atoms with Gasteiger partial charge in [-0.2, -0.15) is 0 Å². The van der Waals surface area contributed by atoms with Crippen LogP contribution < -0.4 is 11.1 Å². The molecule has 3 N–H and O–H groups in total. The Balaban J connectivity index is 1.93. The highest BCUT2D eigenvalue weighted by atomic mass is 35.5. The standard InChI is InChI=1S/C9H11ClN2O2/c10-8-7(1-2-14-8)9(13)12-6-3-5(11)4-6/h1-2,5-6H,3-4,11H2,(H,12,13). The molecule has 1 amide bonds. The highest BCUT2D eigenvalue weighted by Crippen LogP contribution is 2.20. The number of amides is 1. The summed E-state index contributed by atoms with van der Waals surface area (Å²) < 4.78 is 4.82. The van der Waals surface area contributed by atoms with Gasteiger partial charge in [-0.05, 0) is 30.5 Å². The van der Waals surface area contributed by atoms with E-state index in [0.717, 1.165) is 12.8 Å². The summed E-state index contributed by atoms with van der Waals surface area (Å²) in [6.45, 7) is 0. The molecule has 0 unspecified atom stereocenters. The number of hydrogen-bond donors (Lipinski definition) is 2. The van der Waals surface area contributed by atoms with E-state index >= 15 is 0 Å². The van der Waals surface area contributed by atoms with Crippen molar-refractivity contribution in [1.82, 2.24) is 5.32 Å². The van der Waals surface area contributed by atoms with E-state index in [2.05, 4.69) is 5.32 Å². The van der Waals surface area contributed by atoms with Gasteiger partial charge in [-0.3, -0.25) is 4.79 Å². The Bertz CT molecular complexity index is 344. The van der Waals surface area contributed by atoms with Crippen LogP contribution in [0.25, 0.3) is 0 Å². The number of carbonyl (C=O) groups excluding carboxylic acids is 1. The first-order chi connectivity index (χ1) is 6.66. The van der Waals surface area contributed by atoms with Crippen LogP contribution in [0.5, 0.6) is 0 Å². The lowest BCUT2D eigenvalue weighted by atomic mass is 9.87. The Labute approximate surface area is 86.4 Å². The SMILES string of the molecule is NC1CC(NC(=O)c2ccoc2Cl)C1. The molecular weight excluding hydrogens is 204 g/mol. The van der Waals surface area contributed by atoms with Gasteiger partial charge in [-0.15, -0.1) is 0 Å². The summed E-state index contributed by atoms with van der Waals surface area (Å²) in [6.07, 6.45) is 3.06. The zero-order chi connectivity index (χ0) is 10.1. The van der Waals surface area contributed by atoms with Gasteiger partial charge in [0.05, 0.1) is 11.8 Å². The molecule has 0 spiro atoms. The van der Waals surface area contributed by atoms with Crippen molar-refractivity contribution in [3.63, 3.8) is 0 Å². The molecule has 4 nitrogen and oxygen atoms in total. The quantitative estimate of drug-likeness (QED) is 0.776. The number of nitrogens with one attached hydrogen (secondary N) is 1. The topological polar surface area (TPSA) is 68.3 Å². The van der Waals surface area contributed by atoms with Crippen molar-refractivity contribution in [3.05, 3.63) is 23.1 Å². The lowest BCUT2D eigenvalue weighted by molar-refractivity contribution is 0.0910. The van der Waals surface area contributed by atoms with E-state index in [-0.39, 0.29) is 23.2 Å². The number of furan rings is 1. The summed E-state index contributed by atoms with van der Waals surface area (Å²) in [5, 5.41) is 2.96. The molecule has 0 bridgehead atoms. The van der Waals surface area contributed by atoms with Crippen molar-refractivity contribution in [2.45, 2.75) is 24.9 Å². The number of hydrogen-bond acceptors (Lipinski definition) is 3. The second kappa shape index (κ2) is 3.63. The average molecular weight is 215 g/mol. The van der Waals surface area contributed by atoms with Gasteiger partial charge in [-0.25, -0.2) is 0 Å². The molecule has 2 rings (SSSR count). The Kier molecular flexibility index (Phi) is 2.48. The van der Waals surface area contributed by atoms with E-state index in [1.807, 2.05) is 0 Å². The van der Waals surface area contributed by atoms with Crippen LogP contribution in [0, 0.1) is 0 Å². The van der Waals surface area contributed by atoms with E-state index in [1.54, 1.807) is 6.07 Å². The molecule has 1 aromatic heterocycles. The van der Waals surface area contributed by atoms with Gasteiger partial charge in [-0.1, -0.05) is 0 Å². The van der Waals surface area contributed by atoms with Crippen molar-refractivity contribution in [2.24, 2.45) is 5.73 Å². The summed E-state index contributed by atoms with van der Waals surface area (Å²) in [5.41, 5.74) is 5.98. The van der Waals surface area contributed by atoms with Crippen molar-refractivity contribution >= 4 is 17.5 Å². The third-order valence-corrected chi connectivity index (χ3v) is 2.67. The number of rotatable bonds is 2. The summed E-state index contributed by atoms with van der Waals surface area (Å²) in [5.74, 6) is -0.194. The van der Waals surface area contributed by atoms with E-state index < -0.39 is 0 Å². The lowest BCUT2D eigenvalue weighted by Crippen LogP contribution is -2.50. The minimum atomic E-state index is -0.194. The zero-order valence-corrected chi connectivity index (χ0v) is 8.25. The molecule has 1 aliphatic carbocycles. The monoisotopic (exact) mass is 214 g/mol. The van der Waals surface area contributed by atoms with Gasteiger partial charge in [0.2, 0.25) is 5.22 Å². The average Bonchev–Trinajstić information content (AvgIpc) is 2.48. The summed E-state index contributed by atoms with van der Waals surface area (Å²) >= 11 is 5.66. The molecule has 1 aromatic rings. The Morgan fingerprint density at radius 3 is 2.86 bits per heavy atom. The van der Waals surface area contributed by atoms with Crippen LogP contribution in [0.2, 0.25) is 5.22 Å². The highest BCUT2D eigenvalue weighted by Gasteiger charge is 2.28. The summed E-state index contributed by atoms with van der Waals surface area (Å²) in [7, 11) is 0. The van der Waals surface area contributed by atoms with Gasteiger partial charge in [0.15, 0.2) is 0 Å². The molecule has 0 saturated heterocycles. The van der Waals surface area contributed by atoms with Crippen LogP contribution in [-0.4, -0.2) is 18.0 Å². The molecule has 0 atom stereocenters.